The molecular formula is C18H28N2O2. The van der Waals surface area contributed by atoms with Gasteiger partial charge in [0.15, 0.2) is 0 Å². The maximum atomic E-state index is 12.1. The third kappa shape index (κ3) is 4.73. The number of benzene rings is 1. The summed E-state index contributed by atoms with van der Waals surface area (Å²) in [7, 11) is 0. The molecule has 4 nitrogen and oxygen atoms in total. The highest BCUT2D eigenvalue weighted by Gasteiger charge is 2.24. The fraction of sp³-hybridized carbons (Fsp3) is 0.611. The average Bonchev–Trinajstić information content (AvgIpc) is 2.51. The first-order valence-corrected chi connectivity index (χ1v) is 8.33. The van der Waals surface area contributed by atoms with Crippen LogP contribution in [0.3, 0.4) is 0 Å². The second-order valence-electron chi connectivity index (χ2n) is 6.46. The summed E-state index contributed by atoms with van der Waals surface area (Å²) in [5, 5.41) is 2.97. The van der Waals surface area contributed by atoms with E-state index in [2.05, 4.69) is 25.2 Å². The SMILES string of the molecule is CC(C)c1ccccc1OCCNC(=O)C1CCCC(N)C1. The fourth-order valence-electron chi connectivity index (χ4n) is 3.03. The lowest BCUT2D eigenvalue weighted by molar-refractivity contribution is -0.126. The van der Waals surface area contributed by atoms with E-state index < -0.39 is 0 Å². The van der Waals surface area contributed by atoms with E-state index in [1.807, 2.05) is 18.2 Å². The van der Waals surface area contributed by atoms with Gasteiger partial charge >= 0.3 is 0 Å². The molecule has 1 saturated carbocycles. The van der Waals surface area contributed by atoms with Gasteiger partial charge in [0.25, 0.3) is 0 Å². The van der Waals surface area contributed by atoms with Crippen molar-refractivity contribution < 1.29 is 9.53 Å². The van der Waals surface area contributed by atoms with E-state index in [-0.39, 0.29) is 17.9 Å². The standard InChI is InChI=1S/C18H28N2O2/c1-13(2)16-8-3-4-9-17(16)22-11-10-20-18(21)14-6-5-7-15(19)12-14/h3-4,8-9,13-15H,5-7,10-12,19H2,1-2H3,(H,20,21). The molecule has 1 aromatic carbocycles. The van der Waals surface area contributed by atoms with Crippen LogP contribution in [-0.2, 0) is 4.79 Å². The van der Waals surface area contributed by atoms with Crippen molar-refractivity contribution in [3.05, 3.63) is 29.8 Å². The topological polar surface area (TPSA) is 64.3 Å². The van der Waals surface area contributed by atoms with Crippen LogP contribution in [0.5, 0.6) is 5.75 Å². The number of hydrogen-bond acceptors (Lipinski definition) is 3. The molecular weight excluding hydrogens is 276 g/mol. The summed E-state index contributed by atoms with van der Waals surface area (Å²) in [6.07, 6.45) is 3.86. The van der Waals surface area contributed by atoms with E-state index in [1.165, 1.54) is 5.56 Å². The van der Waals surface area contributed by atoms with Crippen LogP contribution in [-0.4, -0.2) is 25.1 Å². The summed E-state index contributed by atoms with van der Waals surface area (Å²) in [5.74, 6) is 1.53. The van der Waals surface area contributed by atoms with Crippen molar-refractivity contribution in [3.63, 3.8) is 0 Å². The predicted molar refractivity (Wildman–Crippen MR) is 89.0 cm³/mol. The Balaban J connectivity index is 1.74. The van der Waals surface area contributed by atoms with E-state index in [0.29, 0.717) is 19.1 Å². The molecule has 0 aliphatic heterocycles. The maximum Gasteiger partial charge on any atom is 0.223 e. The van der Waals surface area contributed by atoms with Gasteiger partial charge in [-0.1, -0.05) is 38.5 Å². The Bertz CT molecular complexity index is 488. The Hall–Kier alpha value is -1.55. The van der Waals surface area contributed by atoms with Crippen molar-refractivity contribution in [1.82, 2.24) is 5.32 Å². The molecule has 1 amide bonds. The first-order chi connectivity index (χ1) is 10.6. The summed E-state index contributed by atoms with van der Waals surface area (Å²) >= 11 is 0. The van der Waals surface area contributed by atoms with Gasteiger partial charge < -0.3 is 15.8 Å². The Morgan fingerprint density at radius 2 is 2.14 bits per heavy atom. The van der Waals surface area contributed by atoms with Gasteiger partial charge in [0.1, 0.15) is 12.4 Å². The zero-order chi connectivity index (χ0) is 15.9. The lowest BCUT2D eigenvalue weighted by Crippen LogP contribution is -2.39. The molecule has 4 heteroatoms. The van der Waals surface area contributed by atoms with Crippen LogP contribution in [0.25, 0.3) is 0 Å². The zero-order valence-electron chi connectivity index (χ0n) is 13.7. The predicted octanol–water partition coefficient (Wildman–Crippen LogP) is 2.82. The fourth-order valence-corrected chi connectivity index (χ4v) is 3.03. The number of carbonyl (C=O) groups excluding carboxylic acids is 1. The van der Waals surface area contributed by atoms with E-state index >= 15 is 0 Å². The zero-order valence-corrected chi connectivity index (χ0v) is 13.7. The smallest absolute Gasteiger partial charge is 0.223 e. The van der Waals surface area contributed by atoms with Crippen molar-refractivity contribution in [2.75, 3.05) is 13.2 Å². The van der Waals surface area contributed by atoms with Gasteiger partial charge in [-0.2, -0.15) is 0 Å². The third-order valence-corrected chi connectivity index (χ3v) is 4.29. The molecule has 3 N–H and O–H groups in total. The highest BCUT2D eigenvalue weighted by Crippen LogP contribution is 2.26. The first kappa shape index (κ1) is 16.8. The molecule has 1 aromatic rings. The van der Waals surface area contributed by atoms with Gasteiger partial charge in [-0.3, -0.25) is 4.79 Å². The van der Waals surface area contributed by atoms with Crippen molar-refractivity contribution in [2.45, 2.75) is 51.5 Å². The van der Waals surface area contributed by atoms with Crippen LogP contribution < -0.4 is 15.8 Å². The number of rotatable bonds is 6. The van der Waals surface area contributed by atoms with E-state index in [0.717, 1.165) is 31.4 Å². The number of hydrogen-bond donors (Lipinski definition) is 2. The summed E-state index contributed by atoms with van der Waals surface area (Å²) in [5.41, 5.74) is 7.14. The van der Waals surface area contributed by atoms with Crippen LogP contribution >= 0.6 is 0 Å². The molecule has 1 aliphatic rings. The molecule has 2 rings (SSSR count). The van der Waals surface area contributed by atoms with Gasteiger partial charge in [0, 0.05) is 12.0 Å². The van der Waals surface area contributed by atoms with Crippen LogP contribution in [0.1, 0.15) is 51.0 Å². The number of nitrogens with one attached hydrogen (secondary N) is 1. The molecule has 0 spiro atoms. The van der Waals surface area contributed by atoms with E-state index in [4.69, 9.17) is 10.5 Å². The molecule has 2 atom stereocenters. The van der Waals surface area contributed by atoms with Gasteiger partial charge in [-0.05, 0) is 36.8 Å². The van der Waals surface area contributed by atoms with Crippen molar-refractivity contribution in [2.24, 2.45) is 11.7 Å². The molecule has 0 saturated heterocycles. The molecule has 2 unspecified atom stereocenters. The third-order valence-electron chi connectivity index (χ3n) is 4.29. The number of amides is 1. The summed E-state index contributed by atoms with van der Waals surface area (Å²) in [4.78, 5) is 12.1. The largest absolute Gasteiger partial charge is 0.491 e. The summed E-state index contributed by atoms with van der Waals surface area (Å²) in [6, 6.07) is 8.25. The van der Waals surface area contributed by atoms with Gasteiger partial charge in [0.05, 0.1) is 6.54 Å². The minimum atomic E-state index is 0.0756. The molecule has 1 fully saturated rings. The summed E-state index contributed by atoms with van der Waals surface area (Å²) < 4.78 is 5.82. The monoisotopic (exact) mass is 304 g/mol. The molecule has 1 aliphatic carbocycles. The van der Waals surface area contributed by atoms with Gasteiger partial charge in [0.2, 0.25) is 5.91 Å². The van der Waals surface area contributed by atoms with Crippen LogP contribution in [0.2, 0.25) is 0 Å². The van der Waals surface area contributed by atoms with Crippen LogP contribution in [0.4, 0.5) is 0 Å². The Kier molecular flexibility index (Phi) is 6.25. The average molecular weight is 304 g/mol. The molecule has 22 heavy (non-hydrogen) atoms. The maximum absolute atomic E-state index is 12.1. The highest BCUT2D eigenvalue weighted by atomic mass is 16.5. The second kappa shape index (κ2) is 8.18. The van der Waals surface area contributed by atoms with Crippen molar-refractivity contribution in [1.29, 1.82) is 0 Å². The summed E-state index contributed by atoms with van der Waals surface area (Å²) in [6.45, 7) is 5.33. The minimum absolute atomic E-state index is 0.0756. The van der Waals surface area contributed by atoms with E-state index in [1.54, 1.807) is 0 Å². The van der Waals surface area contributed by atoms with Crippen LogP contribution in [0, 0.1) is 5.92 Å². The lowest BCUT2D eigenvalue weighted by Gasteiger charge is -2.25. The Morgan fingerprint density at radius 3 is 2.86 bits per heavy atom. The Labute approximate surface area is 133 Å². The highest BCUT2D eigenvalue weighted by molar-refractivity contribution is 5.78. The van der Waals surface area contributed by atoms with Gasteiger partial charge in [-0.25, -0.2) is 0 Å². The quantitative estimate of drug-likeness (QED) is 0.794. The number of nitrogens with two attached hydrogens (primary N) is 1. The number of carbonyl (C=O) groups is 1. The lowest BCUT2D eigenvalue weighted by atomic mass is 9.85. The Morgan fingerprint density at radius 1 is 1.36 bits per heavy atom. The normalized spacial score (nSPS) is 21.6. The van der Waals surface area contributed by atoms with Gasteiger partial charge in [-0.15, -0.1) is 0 Å². The second-order valence-corrected chi connectivity index (χ2v) is 6.46. The molecule has 0 aromatic heterocycles. The number of para-hydroxylation sites is 1. The van der Waals surface area contributed by atoms with Crippen LogP contribution in [0.15, 0.2) is 24.3 Å². The molecule has 122 valence electrons. The van der Waals surface area contributed by atoms with Crippen molar-refractivity contribution >= 4 is 5.91 Å². The molecule has 0 heterocycles. The molecule has 0 bridgehead atoms. The van der Waals surface area contributed by atoms with E-state index in [9.17, 15) is 4.79 Å². The number of ether oxygens (including phenoxy) is 1. The first-order valence-electron chi connectivity index (χ1n) is 8.33. The van der Waals surface area contributed by atoms with Crippen molar-refractivity contribution in [3.8, 4) is 5.75 Å². The molecule has 0 radical (unpaired) electrons. The minimum Gasteiger partial charge on any atom is -0.491 e.